The second-order valence-electron chi connectivity index (χ2n) is 6.56. The highest BCUT2D eigenvalue weighted by Crippen LogP contribution is 2.33. The molecule has 4 rings (SSSR count). The summed E-state index contributed by atoms with van der Waals surface area (Å²) >= 11 is 0. The molecule has 1 aliphatic carbocycles. The Labute approximate surface area is 140 Å². The topological polar surface area (TPSA) is 49.9 Å². The van der Waals surface area contributed by atoms with E-state index in [1.54, 1.807) is 0 Å². The van der Waals surface area contributed by atoms with Crippen LogP contribution in [-0.2, 0) is 16.0 Å². The van der Waals surface area contributed by atoms with E-state index in [0.717, 1.165) is 22.0 Å². The summed E-state index contributed by atoms with van der Waals surface area (Å²) in [6, 6.07) is 17.9. The van der Waals surface area contributed by atoms with Crippen LogP contribution < -0.4 is 0 Å². The molecule has 0 radical (unpaired) electrons. The highest BCUT2D eigenvalue weighted by atomic mass is 16.2. The summed E-state index contributed by atoms with van der Waals surface area (Å²) in [5, 5.41) is 1.10. The maximum atomic E-state index is 12.6. The van der Waals surface area contributed by atoms with Crippen molar-refractivity contribution in [2.75, 3.05) is 0 Å². The first-order valence-corrected chi connectivity index (χ1v) is 8.38. The SMILES string of the molecule is O=C1CC(c2ccccc2)CC(=O)C1Cc1c[nH]c2ccccc12. The minimum absolute atomic E-state index is 0.0328. The van der Waals surface area contributed by atoms with Crippen LogP contribution in [0.1, 0.15) is 29.9 Å². The van der Waals surface area contributed by atoms with E-state index in [1.165, 1.54) is 0 Å². The number of carbonyl (C=O) groups is 2. The Morgan fingerprint density at radius 2 is 1.54 bits per heavy atom. The predicted octanol–water partition coefficient (Wildman–Crippen LogP) is 4.04. The average molecular weight is 317 g/mol. The second kappa shape index (κ2) is 6.08. The standard InChI is InChI=1S/C21H19NO2/c23-20-11-15(14-6-2-1-3-7-14)12-21(24)18(20)10-16-13-22-19-9-5-4-8-17(16)19/h1-9,13,15,18,22H,10-12H2. The Bertz CT molecular complexity index is 876. The van der Waals surface area contributed by atoms with E-state index >= 15 is 0 Å². The molecule has 120 valence electrons. The summed E-state index contributed by atoms with van der Waals surface area (Å²) in [5.41, 5.74) is 3.19. The molecular formula is C21H19NO2. The molecule has 1 aromatic heterocycles. The van der Waals surface area contributed by atoms with Crippen molar-refractivity contribution in [3.63, 3.8) is 0 Å². The number of aromatic nitrogens is 1. The van der Waals surface area contributed by atoms with Gasteiger partial charge < -0.3 is 4.98 Å². The van der Waals surface area contributed by atoms with Crippen LogP contribution in [0.4, 0.5) is 0 Å². The van der Waals surface area contributed by atoms with Gasteiger partial charge in [-0.1, -0.05) is 48.5 Å². The van der Waals surface area contributed by atoms with Gasteiger partial charge in [-0.25, -0.2) is 0 Å². The summed E-state index contributed by atoms with van der Waals surface area (Å²) in [7, 11) is 0. The Morgan fingerprint density at radius 3 is 2.29 bits per heavy atom. The highest BCUT2D eigenvalue weighted by Gasteiger charge is 2.36. The number of ketones is 2. The number of benzene rings is 2. The zero-order chi connectivity index (χ0) is 16.5. The van der Waals surface area contributed by atoms with E-state index in [-0.39, 0.29) is 17.5 Å². The Hall–Kier alpha value is -2.68. The van der Waals surface area contributed by atoms with Gasteiger partial charge in [-0.15, -0.1) is 0 Å². The van der Waals surface area contributed by atoms with Crippen molar-refractivity contribution in [2.45, 2.75) is 25.2 Å². The predicted molar refractivity (Wildman–Crippen MR) is 93.9 cm³/mol. The zero-order valence-corrected chi connectivity index (χ0v) is 13.4. The monoisotopic (exact) mass is 317 g/mol. The Morgan fingerprint density at radius 1 is 0.875 bits per heavy atom. The van der Waals surface area contributed by atoms with Crippen molar-refractivity contribution >= 4 is 22.5 Å². The van der Waals surface area contributed by atoms with Crippen molar-refractivity contribution in [2.24, 2.45) is 5.92 Å². The average Bonchev–Trinajstić information content (AvgIpc) is 3.02. The van der Waals surface area contributed by atoms with Gasteiger partial charge >= 0.3 is 0 Å². The molecule has 3 nitrogen and oxygen atoms in total. The maximum Gasteiger partial charge on any atom is 0.144 e. The fraction of sp³-hybridized carbons (Fsp3) is 0.238. The van der Waals surface area contributed by atoms with E-state index in [0.29, 0.717) is 19.3 Å². The van der Waals surface area contributed by atoms with Crippen LogP contribution in [0.2, 0.25) is 0 Å². The molecule has 0 spiro atoms. The van der Waals surface area contributed by atoms with Gasteiger partial charge in [-0.2, -0.15) is 0 Å². The van der Waals surface area contributed by atoms with Gasteiger partial charge in [0.25, 0.3) is 0 Å². The van der Waals surface area contributed by atoms with Gasteiger partial charge in [0.05, 0.1) is 5.92 Å². The van der Waals surface area contributed by atoms with Gasteiger partial charge in [0.15, 0.2) is 0 Å². The Balaban J connectivity index is 1.55. The molecule has 3 heteroatoms. The molecule has 1 aliphatic rings. The van der Waals surface area contributed by atoms with Crippen molar-refractivity contribution in [1.29, 1.82) is 0 Å². The van der Waals surface area contributed by atoms with E-state index in [4.69, 9.17) is 0 Å². The number of nitrogens with one attached hydrogen (secondary N) is 1. The number of para-hydroxylation sites is 1. The molecule has 3 aromatic rings. The molecule has 0 atom stereocenters. The maximum absolute atomic E-state index is 12.6. The third-order valence-electron chi connectivity index (χ3n) is 5.04. The minimum Gasteiger partial charge on any atom is -0.361 e. The lowest BCUT2D eigenvalue weighted by atomic mass is 9.75. The van der Waals surface area contributed by atoms with E-state index < -0.39 is 5.92 Å². The summed E-state index contributed by atoms with van der Waals surface area (Å²) in [6.45, 7) is 0. The van der Waals surface area contributed by atoms with E-state index in [1.807, 2.05) is 60.8 Å². The number of Topliss-reactive ketones (excluding diaryl/α,β-unsaturated/α-hetero) is 2. The lowest BCUT2D eigenvalue weighted by molar-refractivity contribution is -0.136. The first-order valence-electron chi connectivity index (χ1n) is 8.38. The number of hydrogen-bond donors (Lipinski definition) is 1. The summed E-state index contributed by atoms with van der Waals surface area (Å²) in [6.07, 6.45) is 3.35. The first-order chi connectivity index (χ1) is 11.7. The highest BCUT2D eigenvalue weighted by molar-refractivity contribution is 6.06. The molecule has 1 heterocycles. The molecule has 0 amide bonds. The number of aromatic amines is 1. The summed E-state index contributed by atoms with van der Waals surface area (Å²) in [5.74, 6) is -0.314. The van der Waals surface area contributed by atoms with E-state index in [2.05, 4.69) is 4.98 Å². The Kier molecular flexibility index (Phi) is 3.77. The minimum atomic E-state index is -0.496. The quantitative estimate of drug-likeness (QED) is 0.741. The van der Waals surface area contributed by atoms with Crippen molar-refractivity contribution in [3.05, 3.63) is 71.9 Å². The van der Waals surface area contributed by atoms with Gasteiger partial charge in [-0.05, 0) is 29.5 Å². The van der Waals surface area contributed by atoms with Gasteiger partial charge in [0, 0.05) is 29.9 Å². The van der Waals surface area contributed by atoms with Crippen molar-refractivity contribution in [3.8, 4) is 0 Å². The molecule has 0 aliphatic heterocycles. The molecular weight excluding hydrogens is 298 g/mol. The van der Waals surface area contributed by atoms with Gasteiger partial charge in [0.2, 0.25) is 0 Å². The number of H-pyrrole nitrogens is 1. The molecule has 1 saturated carbocycles. The van der Waals surface area contributed by atoms with Crippen LogP contribution in [0.3, 0.4) is 0 Å². The van der Waals surface area contributed by atoms with Crippen LogP contribution >= 0.6 is 0 Å². The molecule has 1 N–H and O–H groups in total. The molecule has 1 fully saturated rings. The van der Waals surface area contributed by atoms with Gasteiger partial charge in [0.1, 0.15) is 11.6 Å². The molecule has 0 saturated heterocycles. The van der Waals surface area contributed by atoms with Crippen LogP contribution in [0, 0.1) is 5.92 Å². The normalized spacial score (nSPS) is 21.3. The largest absolute Gasteiger partial charge is 0.361 e. The van der Waals surface area contributed by atoms with Crippen LogP contribution in [-0.4, -0.2) is 16.6 Å². The molecule has 0 unspecified atom stereocenters. The van der Waals surface area contributed by atoms with Crippen LogP contribution in [0.5, 0.6) is 0 Å². The van der Waals surface area contributed by atoms with Gasteiger partial charge in [-0.3, -0.25) is 9.59 Å². The number of fused-ring (bicyclic) bond motifs is 1. The smallest absolute Gasteiger partial charge is 0.144 e. The third kappa shape index (κ3) is 2.67. The summed E-state index contributed by atoms with van der Waals surface area (Å²) < 4.78 is 0. The fourth-order valence-corrected chi connectivity index (χ4v) is 3.73. The first kappa shape index (κ1) is 14.9. The number of hydrogen-bond acceptors (Lipinski definition) is 2. The van der Waals surface area contributed by atoms with E-state index in [9.17, 15) is 9.59 Å². The lowest BCUT2D eigenvalue weighted by Crippen LogP contribution is -2.34. The van der Waals surface area contributed by atoms with Crippen molar-refractivity contribution in [1.82, 2.24) is 4.98 Å². The fourth-order valence-electron chi connectivity index (χ4n) is 3.73. The molecule has 24 heavy (non-hydrogen) atoms. The second-order valence-corrected chi connectivity index (χ2v) is 6.56. The van der Waals surface area contributed by atoms with Crippen LogP contribution in [0.15, 0.2) is 60.8 Å². The zero-order valence-electron chi connectivity index (χ0n) is 13.4. The summed E-state index contributed by atoms with van der Waals surface area (Å²) in [4.78, 5) is 28.5. The molecule has 0 bridgehead atoms. The number of carbonyl (C=O) groups excluding carboxylic acids is 2. The van der Waals surface area contributed by atoms with Crippen molar-refractivity contribution < 1.29 is 9.59 Å². The molecule has 2 aromatic carbocycles. The number of rotatable bonds is 3. The third-order valence-corrected chi connectivity index (χ3v) is 5.04. The van der Waals surface area contributed by atoms with Crippen LogP contribution in [0.25, 0.3) is 10.9 Å². The lowest BCUT2D eigenvalue weighted by Gasteiger charge is -2.26.